The average molecular weight is 345 g/mol. The number of aliphatic hydroxyl groups excluding tert-OH is 1. The van der Waals surface area contributed by atoms with Gasteiger partial charge in [0.25, 0.3) is 0 Å². The van der Waals surface area contributed by atoms with E-state index in [1.165, 1.54) is 0 Å². The summed E-state index contributed by atoms with van der Waals surface area (Å²) in [7, 11) is 0. The summed E-state index contributed by atoms with van der Waals surface area (Å²) in [5, 5.41) is 18.4. The number of aromatic nitrogens is 3. The fourth-order valence-electron chi connectivity index (χ4n) is 2.87. The predicted molar refractivity (Wildman–Crippen MR) is 101 cm³/mol. The number of hydrogen-bond donors (Lipinski definition) is 1. The van der Waals surface area contributed by atoms with Gasteiger partial charge < -0.3 is 9.84 Å². The van der Waals surface area contributed by atoms with Gasteiger partial charge in [-0.05, 0) is 35.4 Å². The maximum atomic E-state index is 10.3. The molecule has 4 rings (SSSR count). The quantitative estimate of drug-likeness (QED) is 0.581. The number of nitrogens with zero attached hydrogens (tertiary/aromatic N) is 3. The van der Waals surface area contributed by atoms with Crippen LogP contribution in [0.25, 0.3) is 22.2 Å². The smallest absolute Gasteiger partial charge is 0.119 e. The van der Waals surface area contributed by atoms with Gasteiger partial charge in [-0.3, -0.25) is 0 Å². The number of benzene rings is 3. The van der Waals surface area contributed by atoms with Crippen molar-refractivity contribution in [2.45, 2.75) is 12.6 Å². The topological polar surface area (TPSA) is 60.2 Å². The van der Waals surface area contributed by atoms with Crippen LogP contribution in [0.1, 0.15) is 0 Å². The third kappa shape index (κ3) is 3.58. The van der Waals surface area contributed by atoms with E-state index in [9.17, 15) is 5.11 Å². The van der Waals surface area contributed by atoms with Crippen LogP contribution in [0.2, 0.25) is 0 Å². The first-order chi connectivity index (χ1) is 12.8. The number of fused-ring (bicyclic) bond motifs is 1. The molecule has 0 spiro atoms. The number of hydrogen-bond acceptors (Lipinski definition) is 4. The Hall–Kier alpha value is -3.18. The summed E-state index contributed by atoms with van der Waals surface area (Å²) in [6.07, 6.45) is -0.672. The van der Waals surface area contributed by atoms with Crippen LogP contribution in [0, 0.1) is 0 Å². The molecular formula is C21H19N3O2. The van der Waals surface area contributed by atoms with E-state index in [0.717, 1.165) is 27.9 Å². The van der Waals surface area contributed by atoms with Gasteiger partial charge in [0.15, 0.2) is 0 Å². The van der Waals surface area contributed by atoms with Crippen molar-refractivity contribution < 1.29 is 9.84 Å². The maximum absolute atomic E-state index is 10.3. The van der Waals surface area contributed by atoms with E-state index in [2.05, 4.69) is 22.4 Å². The minimum atomic E-state index is -0.672. The summed E-state index contributed by atoms with van der Waals surface area (Å²) < 4.78 is 7.40. The molecule has 0 aliphatic heterocycles. The number of aliphatic hydroxyl groups is 1. The second kappa shape index (κ2) is 7.37. The van der Waals surface area contributed by atoms with Gasteiger partial charge in [0.05, 0.1) is 12.1 Å². The lowest BCUT2D eigenvalue weighted by molar-refractivity contribution is 0.0899. The summed E-state index contributed by atoms with van der Waals surface area (Å²) >= 11 is 0. The van der Waals surface area contributed by atoms with Crippen molar-refractivity contribution in [3.05, 3.63) is 78.9 Å². The third-order valence-corrected chi connectivity index (χ3v) is 4.21. The Balaban J connectivity index is 1.36. The van der Waals surface area contributed by atoms with Crippen LogP contribution in [0.15, 0.2) is 78.9 Å². The van der Waals surface area contributed by atoms with E-state index in [1.807, 2.05) is 66.7 Å². The summed E-state index contributed by atoms with van der Waals surface area (Å²) in [6, 6.07) is 25.7. The summed E-state index contributed by atoms with van der Waals surface area (Å²) in [4.78, 5) is 0. The molecule has 1 aromatic heterocycles. The molecule has 1 atom stereocenters. The van der Waals surface area contributed by atoms with Crippen molar-refractivity contribution in [3.8, 4) is 16.9 Å². The largest absolute Gasteiger partial charge is 0.491 e. The summed E-state index contributed by atoms with van der Waals surface area (Å²) in [5.41, 5.74) is 4.01. The zero-order valence-electron chi connectivity index (χ0n) is 14.2. The lowest BCUT2D eigenvalue weighted by Crippen LogP contribution is -2.24. The number of rotatable bonds is 6. The van der Waals surface area contributed by atoms with Crippen molar-refractivity contribution in [1.29, 1.82) is 0 Å². The highest BCUT2D eigenvalue weighted by Crippen LogP contribution is 2.22. The molecule has 4 aromatic rings. The third-order valence-electron chi connectivity index (χ3n) is 4.21. The van der Waals surface area contributed by atoms with E-state index in [4.69, 9.17) is 4.74 Å². The van der Waals surface area contributed by atoms with Gasteiger partial charge in [0.1, 0.15) is 24.0 Å². The minimum Gasteiger partial charge on any atom is -0.491 e. The average Bonchev–Trinajstić information content (AvgIpc) is 3.10. The molecule has 0 saturated carbocycles. The molecular weight excluding hydrogens is 326 g/mol. The molecule has 3 aromatic carbocycles. The Labute approximate surface area is 151 Å². The van der Waals surface area contributed by atoms with Crippen LogP contribution in [-0.2, 0) is 6.54 Å². The Kier molecular flexibility index (Phi) is 4.62. The minimum absolute atomic E-state index is 0.193. The van der Waals surface area contributed by atoms with Crippen LogP contribution >= 0.6 is 0 Å². The number of ether oxygens (including phenoxy) is 1. The van der Waals surface area contributed by atoms with Gasteiger partial charge in [-0.2, -0.15) is 0 Å². The highest BCUT2D eigenvalue weighted by atomic mass is 16.5. The Morgan fingerprint density at radius 2 is 1.54 bits per heavy atom. The zero-order valence-corrected chi connectivity index (χ0v) is 14.2. The van der Waals surface area contributed by atoms with Crippen molar-refractivity contribution in [2.75, 3.05) is 6.61 Å². The SMILES string of the molecule is O[C@@H](COc1ccc(-c2ccccc2)cc1)Cn1nnc2ccccc21. The standard InChI is InChI=1S/C21H19N3O2/c25-18(14-24-21-9-5-4-8-20(21)22-23-24)15-26-19-12-10-17(11-13-19)16-6-2-1-3-7-16/h1-13,18,25H,14-15H2/t18-/m1/s1. The number of para-hydroxylation sites is 1. The molecule has 0 amide bonds. The van der Waals surface area contributed by atoms with E-state index in [0.29, 0.717) is 6.54 Å². The van der Waals surface area contributed by atoms with Crippen molar-refractivity contribution in [2.24, 2.45) is 0 Å². The van der Waals surface area contributed by atoms with Gasteiger partial charge in [-0.25, -0.2) is 4.68 Å². The molecule has 0 bridgehead atoms. The van der Waals surface area contributed by atoms with Crippen LogP contribution in [0.4, 0.5) is 0 Å². The molecule has 1 N–H and O–H groups in total. The molecule has 0 saturated heterocycles. The van der Waals surface area contributed by atoms with Crippen molar-refractivity contribution >= 4 is 11.0 Å². The monoisotopic (exact) mass is 345 g/mol. The fraction of sp³-hybridized carbons (Fsp3) is 0.143. The highest BCUT2D eigenvalue weighted by molar-refractivity contribution is 5.73. The lowest BCUT2D eigenvalue weighted by Gasteiger charge is -2.13. The molecule has 130 valence electrons. The van der Waals surface area contributed by atoms with Gasteiger partial charge in [-0.1, -0.05) is 59.8 Å². The van der Waals surface area contributed by atoms with E-state index in [1.54, 1.807) is 4.68 Å². The zero-order chi connectivity index (χ0) is 17.8. The molecule has 0 fully saturated rings. The van der Waals surface area contributed by atoms with E-state index in [-0.39, 0.29) is 6.61 Å². The molecule has 5 heteroatoms. The first-order valence-electron chi connectivity index (χ1n) is 8.54. The van der Waals surface area contributed by atoms with Crippen LogP contribution in [0.3, 0.4) is 0 Å². The molecule has 0 aliphatic rings. The Bertz CT molecular complexity index is 981. The van der Waals surface area contributed by atoms with Gasteiger partial charge in [-0.15, -0.1) is 5.10 Å². The van der Waals surface area contributed by atoms with Crippen molar-refractivity contribution in [1.82, 2.24) is 15.0 Å². The summed E-state index contributed by atoms with van der Waals surface area (Å²) in [5.74, 6) is 0.729. The molecule has 1 heterocycles. The van der Waals surface area contributed by atoms with Gasteiger partial charge in [0.2, 0.25) is 0 Å². The van der Waals surface area contributed by atoms with Crippen LogP contribution in [0.5, 0.6) is 5.75 Å². The Morgan fingerprint density at radius 3 is 2.35 bits per heavy atom. The van der Waals surface area contributed by atoms with Crippen LogP contribution in [-0.4, -0.2) is 32.8 Å². The first-order valence-corrected chi connectivity index (χ1v) is 8.54. The molecule has 0 unspecified atom stereocenters. The first kappa shape index (κ1) is 16.3. The normalized spacial score (nSPS) is 12.2. The van der Waals surface area contributed by atoms with Crippen molar-refractivity contribution in [3.63, 3.8) is 0 Å². The van der Waals surface area contributed by atoms with Crippen LogP contribution < -0.4 is 4.74 Å². The van der Waals surface area contributed by atoms with E-state index < -0.39 is 6.10 Å². The molecule has 5 nitrogen and oxygen atoms in total. The second-order valence-corrected chi connectivity index (χ2v) is 6.12. The molecule has 0 radical (unpaired) electrons. The second-order valence-electron chi connectivity index (χ2n) is 6.12. The van der Waals surface area contributed by atoms with Gasteiger partial charge >= 0.3 is 0 Å². The highest BCUT2D eigenvalue weighted by Gasteiger charge is 2.10. The van der Waals surface area contributed by atoms with E-state index >= 15 is 0 Å². The van der Waals surface area contributed by atoms with Gasteiger partial charge in [0, 0.05) is 0 Å². The maximum Gasteiger partial charge on any atom is 0.119 e. The lowest BCUT2D eigenvalue weighted by atomic mass is 10.1. The summed E-state index contributed by atoms with van der Waals surface area (Å²) in [6.45, 7) is 0.529. The Morgan fingerprint density at radius 1 is 0.846 bits per heavy atom. The predicted octanol–water partition coefficient (Wildman–Crippen LogP) is 3.54. The molecule has 26 heavy (non-hydrogen) atoms. The molecule has 0 aliphatic carbocycles. The fourth-order valence-corrected chi connectivity index (χ4v) is 2.87.